The molecule has 6 atom stereocenters. The van der Waals surface area contributed by atoms with Crippen molar-refractivity contribution in [3.8, 4) is 11.5 Å². The maximum Gasteiger partial charge on any atom is 0.254 e. The zero-order valence-corrected chi connectivity index (χ0v) is 18.5. The first-order valence-corrected chi connectivity index (χ1v) is 11.7. The van der Waals surface area contributed by atoms with Crippen LogP contribution >= 0.6 is 0 Å². The predicted molar refractivity (Wildman–Crippen MR) is 123 cm³/mol. The molecule has 6 heteroatoms. The van der Waals surface area contributed by atoms with Gasteiger partial charge in [-0.3, -0.25) is 9.59 Å². The summed E-state index contributed by atoms with van der Waals surface area (Å²) >= 11 is 0. The Balaban J connectivity index is 1.19. The molecule has 0 spiro atoms. The van der Waals surface area contributed by atoms with E-state index >= 15 is 0 Å². The van der Waals surface area contributed by atoms with Crippen LogP contribution in [0.5, 0.6) is 11.5 Å². The normalized spacial score (nSPS) is 31.1. The van der Waals surface area contributed by atoms with E-state index in [2.05, 4.69) is 17.3 Å². The summed E-state index contributed by atoms with van der Waals surface area (Å²) in [5, 5.41) is 5.43. The number of carbonyl (C=O) groups is 2. The summed E-state index contributed by atoms with van der Waals surface area (Å²) in [6.07, 6.45) is 7.05. The van der Waals surface area contributed by atoms with Crippen molar-refractivity contribution in [1.29, 1.82) is 0 Å². The minimum Gasteiger partial charge on any atom is -0.490 e. The average Bonchev–Trinajstić information content (AvgIpc) is 3.62. The molecule has 2 bridgehead atoms. The molecule has 1 aliphatic heterocycles. The van der Waals surface area contributed by atoms with Crippen molar-refractivity contribution in [2.24, 2.45) is 40.6 Å². The van der Waals surface area contributed by atoms with Crippen LogP contribution in [-0.4, -0.2) is 29.6 Å². The second-order valence-electron chi connectivity index (χ2n) is 9.30. The molecule has 2 aromatic rings. The molecule has 6 nitrogen and oxygen atoms in total. The minimum atomic E-state index is -0.235. The molecule has 168 valence electrons. The third-order valence-corrected chi connectivity index (χ3v) is 7.47. The van der Waals surface area contributed by atoms with Crippen molar-refractivity contribution in [2.75, 3.05) is 6.61 Å². The molecule has 2 saturated carbocycles. The lowest BCUT2D eigenvalue weighted by atomic mass is 9.63. The Hall–Kier alpha value is -3.41. The van der Waals surface area contributed by atoms with Gasteiger partial charge in [0.1, 0.15) is 6.61 Å². The van der Waals surface area contributed by atoms with Gasteiger partial charge in [0.05, 0.1) is 24.7 Å². The van der Waals surface area contributed by atoms with Gasteiger partial charge in [-0.05, 0) is 66.3 Å². The van der Waals surface area contributed by atoms with Crippen LogP contribution in [0.2, 0.25) is 0 Å². The molecule has 4 aliphatic carbocycles. The molecule has 0 radical (unpaired) electrons. The van der Waals surface area contributed by atoms with Crippen LogP contribution in [0.25, 0.3) is 0 Å². The molecule has 0 aromatic heterocycles. The fourth-order valence-electron chi connectivity index (χ4n) is 5.91. The van der Waals surface area contributed by atoms with Gasteiger partial charge in [-0.2, -0.15) is 10.1 Å². The fraction of sp³-hybridized carbons (Fsp3) is 0.370. The number of benzene rings is 2. The molecule has 0 unspecified atom stereocenters. The molecule has 1 heterocycles. The maximum atomic E-state index is 13.1. The molecule has 3 fully saturated rings. The number of imide groups is 1. The summed E-state index contributed by atoms with van der Waals surface area (Å²) in [6.45, 7) is 2.84. The van der Waals surface area contributed by atoms with Gasteiger partial charge >= 0.3 is 0 Å². The van der Waals surface area contributed by atoms with Gasteiger partial charge in [0.25, 0.3) is 11.8 Å². The van der Waals surface area contributed by atoms with Crippen LogP contribution < -0.4 is 9.47 Å². The summed E-state index contributed by atoms with van der Waals surface area (Å²) < 4.78 is 11.7. The zero-order valence-electron chi connectivity index (χ0n) is 18.5. The number of hydrogen-bond acceptors (Lipinski definition) is 5. The first-order chi connectivity index (χ1) is 16.2. The van der Waals surface area contributed by atoms with Crippen LogP contribution in [-0.2, 0) is 16.2 Å². The molecule has 5 aliphatic rings. The lowest BCUT2D eigenvalue weighted by molar-refractivity contribution is -0.140. The number of ether oxygens (including phenoxy) is 2. The number of allylic oxidation sites excluding steroid dienone is 2. The zero-order chi connectivity index (χ0) is 22.5. The van der Waals surface area contributed by atoms with Crippen LogP contribution in [0.3, 0.4) is 0 Å². The fourth-order valence-corrected chi connectivity index (χ4v) is 5.91. The lowest BCUT2D eigenvalue weighted by Crippen LogP contribution is -2.40. The molecule has 1 saturated heterocycles. The third-order valence-electron chi connectivity index (χ3n) is 7.47. The Morgan fingerprint density at radius 2 is 1.64 bits per heavy atom. The number of amides is 2. The van der Waals surface area contributed by atoms with Gasteiger partial charge in [-0.1, -0.05) is 42.5 Å². The molecule has 2 amide bonds. The van der Waals surface area contributed by atoms with Crippen molar-refractivity contribution in [3.05, 3.63) is 71.8 Å². The van der Waals surface area contributed by atoms with Crippen LogP contribution in [0.4, 0.5) is 0 Å². The predicted octanol–water partition coefficient (Wildman–Crippen LogP) is 4.05. The van der Waals surface area contributed by atoms with Crippen molar-refractivity contribution in [1.82, 2.24) is 5.01 Å². The highest BCUT2D eigenvalue weighted by Gasteiger charge is 2.67. The second kappa shape index (κ2) is 7.87. The summed E-state index contributed by atoms with van der Waals surface area (Å²) in [5.41, 5.74) is 1.81. The highest BCUT2D eigenvalue weighted by atomic mass is 16.5. The Labute approximate surface area is 192 Å². The molecule has 2 aromatic carbocycles. The first-order valence-electron chi connectivity index (χ1n) is 11.7. The van der Waals surface area contributed by atoms with E-state index in [9.17, 15) is 9.59 Å². The van der Waals surface area contributed by atoms with Gasteiger partial charge in [0.2, 0.25) is 0 Å². The number of carbonyl (C=O) groups excluding carboxylic acids is 2. The Morgan fingerprint density at radius 3 is 2.30 bits per heavy atom. The summed E-state index contributed by atoms with van der Waals surface area (Å²) in [4.78, 5) is 26.2. The smallest absolute Gasteiger partial charge is 0.254 e. The van der Waals surface area contributed by atoms with Gasteiger partial charge in [-0.15, -0.1) is 0 Å². The molecule has 7 rings (SSSR count). The number of hydrogen-bond donors (Lipinski definition) is 0. The van der Waals surface area contributed by atoms with E-state index in [4.69, 9.17) is 9.47 Å². The quantitative estimate of drug-likeness (QED) is 0.369. The largest absolute Gasteiger partial charge is 0.490 e. The van der Waals surface area contributed by atoms with Gasteiger partial charge in [0, 0.05) is 0 Å². The van der Waals surface area contributed by atoms with Gasteiger partial charge in [-0.25, -0.2) is 0 Å². The lowest BCUT2D eigenvalue weighted by Gasteiger charge is -2.37. The Morgan fingerprint density at radius 1 is 0.939 bits per heavy atom. The second-order valence-corrected chi connectivity index (χ2v) is 9.30. The standard InChI is InChI=1S/C27H26N2O4/c1-2-32-23-12-17(8-11-22(23)33-15-16-6-4-3-5-7-16)14-28-29-26(30)24-18-9-10-19(21-13-20(18)21)25(24)27(29)31/h3-12,14,18-21,24-25H,2,13,15H2,1H3/b28-14-/t18-,19-,20-,21+,24-,25-/m1/s1. The number of nitrogens with zero attached hydrogens (tertiary/aromatic N) is 2. The van der Waals surface area contributed by atoms with Crippen molar-refractivity contribution < 1.29 is 19.1 Å². The third kappa shape index (κ3) is 3.36. The van der Waals surface area contributed by atoms with Crippen molar-refractivity contribution in [2.45, 2.75) is 20.0 Å². The topological polar surface area (TPSA) is 68.2 Å². The van der Waals surface area contributed by atoms with E-state index in [1.54, 1.807) is 6.21 Å². The summed E-state index contributed by atoms with van der Waals surface area (Å²) in [5.74, 6) is 2.03. The van der Waals surface area contributed by atoms with E-state index in [0.29, 0.717) is 36.5 Å². The van der Waals surface area contributed by atoms with Crippen LogP contribution in [0.1, 0.15) is 24.5 Å². The van der Waals surface area contributed by atoms with E-state index in [0.717, 1.165) is 22.6 Å². The average molecular weight is 443 g/mol. The van der Waals surface area contributed by atoms with Crippen LogP contribution in [0.15, 0.2) is 65.8 Å². The highest BCUT2D eigenvalue weighted by molar-refractivity contribution is 6.06. The highest BCUT2D eigenvalue weighted by Crippen LogP contribution is 2.65. The molecule has 33 heavy (non-hydrogen) atoms. The van der Waals surface area contributed by atoms with E-state index in [1.165, 1.54) is 0 Å². The van der Waals surface area contributed by atoms with E-state index in [1.807, 2.05) is 55.5 Å². The minimum absolute atomic E-state index is 0.154. The maximum absolute atomic E-state index is 13.1. The van der Waals surface area contributed by atoms with E-state index < -0.39 is 0 Å². The number of rotatable bonds is 7. The molecular weight excluding hydrogens is 416 g/mol. The number of hydrazone groups is 1. The SMILES string of the molecule is CCOc1cc(/C=N\N2C(=O)[C@@H]3[C@@H]4C=C[C@H]([C@@H]5C[C@H]45)[C@H]3C2=O)ccc1OCc1ccccc1. The van der Waals surface area contributed by atoms with Gasteiger partial charge < -0.3 is 9.47 Å². The summed E-state index contributed by atoms with van der Waals surface area (Å²) in [6, 6.07) is 15.4. The van der Waals surface area contributed by atoms with Gasteiger partial charge in [0.15, 0.2) is 11.5 Å². The molecular formula is C27H26N2O4. The van der Waals surface area contributed by atoms with E-state index in [-0.39, 0.29) is 35.5 Å². The Bertz CT molecular complexity index is 1120. The summed E-state index contributed by atoms with van der Waals surface area (Å²) in [7, 11) is 0. The van der Waals surface area contributed by atoms with Crippen molar-refractivity contribution >= 4 is 18.0 Å². The monoisotopic (exact) mass is 442 g/mol. The Kier molecular flexibility index (Phi) is 4.82. The van der Waals surface area contributed by atoms with Crippen molar-refractivity contribution in [3.63, 3.8) is 0 Å². The van der Waals surface area contributed by atoms with Crippen LogP contribution in [0, 0.1) is 35.5 Å². The molecule has 0 N–H and O–H groups in total. The first kappa shape index (κ1) is 20.2.